The van der Waals surface area contributed by atoms with Crippen LogP contribution in [-0.2, 0) is 22.4 Å². The van der Waals surface area contributed by atoms with Crippen LogP contribution < -0.4 is 5.32 Å². The van der Waals surface area contributed by atoms with E-state index < -0.39 is 23.5 Å². The molecule has 0 fully saturated rings. The number of amides is 1. The standard InChI is InChI=1S/C24H29N3O3/c1-14(2)24(5,13-25)27-22(28)16(4)30-23(29)21-17-8-6-7-9-19(17)26-20-11-10-15(3)12-18(20)21/h6-9,14-16H,10-12H2,1-5H3,(H,27,28)/t15-,16+,24-/m0/s1. The first-order valence-corrected chi connectivity index (χ1v) is 10.5. The highest BCUT2D eigenvalue weighted by Gasteiger charge is 2.33. The number of aromatic nitrogens is 1. The average Bonchev–Trinajstić information content (AvgIpc) is 2.71. The number of nitrogens with zero attached hydrogens (tertiary/aromatic N) is 2. The van der Waals surface area contributed by atoms with E-state index in [2.05, 4.69) is 18.3 Å². The van der Waals surface area contributed by atoms with Crippen molar-refractivity contribution in [1.82, 2.24) is 10.3 Å². The molecule has 0 aliphatic heterocycles. The molecule has 1 aromatic heterocycles. The van der Waals surface area contributed by atoms with Crippen LogP contribution in [0.3, 0.4) is 0 Å². The Bertz CT molecular complexity index is 1020. The van der Waals surface area contributed by atoms with Gasteiger partial charge in [-0.05, 0) is 56.6 Å². The third kappa shape index (κ3) is 4.16. The third-order valence-electron chi connectivity index (χ3n) is 6.13. The molecule has 0 radical (unpaired) electrons. The Morgan fingerprint density at radius 2 is 2.00 bits per heavy atom. The van der Waals surface area contributed by atoms with E-state index in [1.54, 1.807) is 6.92 Å². The molecule has 6 nitrogen and oxygen atoms in total. The summed E-state index contributed by atoms with van der Waals surface area (Å²) in [5.41, 5.74) is 2.10. The Balaban J connectivity index is 1.91. The molecular formula is C24H29N3O3. The van der Waals surface area contributed by atoms with Crippen molar-refractivity contribution in [3.05, 3.63) is 41.1 Å². The SMILES string of the molecule is CC(C)[C@](C)(C#N)NC(=O)[C@@H](C)OC(=O)c1c2c(nc3ccccc13)CC[C@H](C)C2. The maximum Gasteiger partial charge on any atom is 0.339 e. The highest BCUT2D eigenvalue weighted by Crippen LogP contribution is 2.32. The molecule has 1 aliphatic carbocycles. The Kier molecular flexibility index (Phi) is 6.12. The van der Waals surface area contributed by atoms with Crippen molar-refractivity contribution in [3.8, 4) is 6.07 Å². The minimum atomic E-state index is -1.03. The lowest BCUT2D eigenvalue weighted by atomic mass is 9.84. The molecule has 6 heteroatoms. The van der Waals surface area contributed by atoms with Crippen LogP contribution in [0, 0.1) is 23.2 Å². The zero-order chi connectivity index (χ0) is 22.1. The summed E-state index contributed by atoms with van der Waals surface area (Å²) in [6.45, 7) is 9.08. The molecule has 1 aliphatic rings. The molecule has 2 aromatic rings. The number of hydrogen-bond acceptors (Lipinski definition) is 5. The van der Waals surface area contributed by atoms with Gasteiger partial charge in [-0.1, -0.05) is 39.0 Å². The van der Waals surface area contributed by atoms with Gasteiger partial charge in [-0.25, -0.2) is 4.79 Å². The van der Waals surface area contributed by atoms with Crippen LogP contribution in [0.2, 0.25) is 0 Å². The molecule has 0 saturated heterocycles. The smallest absolute Gasteiger partial charge is 0.339 e. The van der Waals surface area contributed by atoms with Crippen LogP contribution in [0.1, 0.15) is 62.7 Å². The molecule has 1 N–H and O–H groups in total. The van der Waals surface area contributed by atoms with E-state index >= 15 is 0 Å². The van der Waals surface area contributed by atoms with E-state index in [1.165, 1.54) is 6.92 Å². The number of nitrogens with one attached hydrogen (secondary N) is 1. The van der Waals surface area contributed by atoms with Crippen molar-refractivity contribution in [2.75, 3.05) is 0 Å². The van der Waals surface area contributed by atoms with Crippen LogP contribution in [0.4, 0.5) is 0 Å². The highest BCUT2D eigenvalue weighted by atomic mass is 16.5. The van der Waals surface area contributed by atoms with E-state index in [1.807, 2.05) is 38.1 Å². The lowest BCUT2D eigenvalue weighted by Gasteiger charge is -2.29. The van der Waals surface area contributed by atoms with Gasteiger partial charge in [-0.15, -0.1) is 0 Å². The van der Waals surface area contributed by atoms with Crippen molar-refractivity contribution < 1.29 is 14.3 Å². The average molecular weight is 408 g/mol. The summed E-state index contributed by atoms with van der Waals surface area (Å²) in [6, 6.07) is 9.67. The number of pyridine rings is 1. The fraction of sp³-hybridized carbons (Fsp3) is 0.500. The molecule has 3 rings (SSSR count). The second kappa shape index (κ2) is 8.43. The summed E-state index contributed by atoms with van der Waals surface area (Å²) in [7, 11) is 0. The summed E-state index contributed by atoms with van der Waals surface area (Å²) in [5, 5.41) is 12.9. The van der Waals surface area contributed by atoms with Crippen LogP contribution >= 0.6 is 0 Å². The van der Waals surface area contributed by atoms with E-state index in [4.69, 9.17) is 9.72 Å². The Hall–Kier alpha value is -2.94. The Morgan fingerprint density at radius 3 is 2.67 bits per heavy atom. The van der Waals surface area contributed by atoms with Crippen molar-refractivity contribution in [1.29, 1.82) is 5.26 Å². The number of rotatable bonds is 5. The predicted octanol–water partition coefficient (Wildman–Crippen LogP) is 3.96. The quantitative estimate of drug-likeness (QED) is 0.758. The minimum absolute atomic E-state index is 0.0907. The number of esters is 1. The van der Waals surface area contributed by atoms with Gasteiger partial charge in [0.05, 0.1) is 17.1 Å². The first-order chi connectivity index (χ1) is 14.2. The molecule has 30 heavy (non-hydrogen) atoms. The van der Waals surface area contributed by atoms with Gasteiger partial charge < -0.3 is 10.1 Å². The van der Waals surface area contributed by atoms with Crippen molar-refractivity contribution in [3.63, 3.8) is 0 Å². The fourth-order valence-corrected chi connectivity index (χ4v) is 3.73. The number of para-hydroxylation sites is 1. The molecule has 158 valence electrons. The molecule has 0 unspecified atom stereocenters. The van der Waals surface area contributed by atoms with E-state index in [-0.39, 0.29) is 5.92 Å². The number of benzene rings is 1. The first-order valence-electron chi connectivity index (χ1n) is 10.5. The van der Waals surface area contributed by atoms with Gasteiger partial charge in [0.2, 0.25) is 0 Å². The van der Waals surface area contributed by atoms with Gasteiger partial charge in [-0.3, -0.25) is 9.78 Å². The maximum absolute atomic E-state index is 13.2. The van der Waals surface area contributed by atoms with Crippen LogP contribution in [0.5, 0.6) is 0 Å². The minimum Gasteiger partial charge on any atom is -0.449 e. The molecule has 1 aromatic carbocycles. The van der Waals surface area contributed by atoms with Crippen molar-refractivity contribution >= 4 is 22.8 Å². The van der Waals surface area contributed by atoms with Gasteiger partial charge in [0.25, 0.3) is 5.91 Å². The Labute approximate surface area is 177 Å². The van der Waals surface area contributed by atoms with Crippen LogP contribution in [0.15, 0.2) is 24.3 Å². The molecule has 0 bridgehead atoms. The zero-order valence-corrected chi connectivity index (χ0v) is 18.3. The molecular weight excluding hydrogens is 378 g/mol. The fourth-order valence-electron chi connectivity index (χ4n) is 3.73. The van der Waals surface area contributed by atoms with Crippen LogP contribution in [-0.4, -0.2) is 28.5 Å². The van der Waals surface area contributed by atoms with Crippen molar-refractivity contribution in [2.45, 2.75) is 65.5 Å². The van der Waals surface area contributed by atoms with E-state index in [0.717, 1.165) is 41.4 Å². The summed E-state index contributed by atoms with van der Waals surface area (Å²) in [5.74, 6) is -0.645. The lowest BCUT2D eigenvalue weighted by molar-refractivity contribution is -0.130. The molecule has 0 saturated carbocycles. The van der Waals surface area contributed by atoms with E-state index in [0.29, 0.717) is 11.5 Å². The summed E-state index contributed by atoms with van der Waals surface area (Å²) >= 11 is 0. The van der Waals surface area contributed by atoms with Crippen molar-refractivity contribution in [2.24, 2.45) is 11.8 Å². The number of nitriles is 1. The summed E-state index contributed by atoms with van der Waals surface area (Å²) < 4.78 is 5.59. The molecule has 0 spiro atoms. The number of carbonyl (C=O) groups excluding carboxylic acids is 2. The topological polar surface area (TPSA) is 92.1 Å². The number of hydrogen-bond donors (Lipinski definition) is 1. The maximum atomic E-state index is 13.2. The molecule has 1 amide bonds. The summed E-state index contributed by atoms with van der Waals surface area (Å²) in [6.07, 6.45) is 1.60. The largest absolute Gasteiger partial charge is 0.449 e. The highest BCUT2D eigenvalue weighted by molar-refractivity contribution is 6.05. The van der Waals surface area contributed by atoms with Gasteiger partial charge in [0.1, 0.15) is 5.54 Å². The predicted molar refractivity (Wildman–Crippen MR) is 115 cm³/mol. The Morgan fingerprint density at radius 1 is 1.30 bits per heavy atom. The van der Waals surface area contributed by atoms with Gasteiger partial charge >= 0.3 is 5.97 Å². The summed E-state index contributed by atoms with van der Waals surface area (Å²) in [4.78, 5) is 30.6. The number of aryl methyl sites for hydroxylation is 1. The normalized spacial score (nSPS) is 18.8. The third-order valence-corrected chi connectivity index (χ3v) is 6.13. The number of fused-ring (bicyclic) bond motifs is 2. The number of ether oxygens (including phenoxy) is 1. The lowest BCUT2D eigenvalue weighted by Crippen LogP contribution is -2.52. The second-order valence-electron chi connectivity index (χ2n) is 8.78. The monoisotopic (exact) mass is 407 g/mol. The van der Waals surface area contributed by atoms with Crippen LogP contribution in [0.25, 0.3) is 10.9 Å². The van der Waals surface area contributed by atoms with Gasteiger partial charge in [0, 0.05) is 11.1 Å². The molecule has 3 atom stereocenters. The number of carbonyl (C=O) groups is 2. The first kappa shape index (κ1) is 21.8. The zero-order valence-electron chi connectivity index (χ0n) is 18.3. The van der Waals surface area contributed by atoms with Gasteiger partial charge in [0.15, 0.2) is 6.10 Å². The molecule has 1 heterocycles. The van der Waals surface area contributed by atoms with Gasteiger partial charge in [-0.2, -0.15) is 5.26 Å². The second-order valence-corrected chi connectivity index (χ2v) is 8.78. The van der Waals surface area contributed by atoms with E-state index in [9.17, 15) is 14.9 Å².